The molecule has 0 radical (unpaired) electrons. The first-order valence-corrected chi connectivity index (χ1v) is 8.51. The molecule has 7 heteroatoms. The molecule has 27 heavy (non-hydrogen) atoms. The number of rotatable bonds is 8. The lowest BCUT2D eigenvalue weighted by atomic mass is 10.1. The van der Waals surface area contributed by atoms with Gasteiger partial charge in [-0.3, -0.25) is 0 Å². The fourth-order valence-corrected chi connectivity index (χ4v) is 2.77. The first-order valence-electron chi connectivity index (χ1n) is 8.13. The molecule has 0 saturated carbocycles. The summed E-state index contributed by atoms with van der Waals surface area (Å²) in [6.07, 6.45) is 1.64. The van der Waals surface area contributed by atoms with Crippen LogP contribution in [0.5, 0.6) is 11.5 Å². The van der Waals surface area contributed by atoms with Crippen LogP contribution in [0.4, 0.5) is 4.39 Å². The monoisotopic (exact) mass is 411 g/mol. The number of halogens is 3. The van der Waals surface area contributed by atoms with Gasteiger partial charge in [0.15, 0.2) is 11.5 Å². The minimum Gasteiger partial charge on any atom is -0.493 e. The molecule has 0 fully saturated rings. The lowest BCUT2D eigenvalue weighted by molar-refractivity contribution is 0.280. The van der Waals surface area contributed by atoms with Crippen molar-refractivity contribution in [3.63, 3.8) is 0 Å². The number of hydrogen-bond donors (Lipinski definition) is 1. The van der Waals surface area contributed by atoms with Gasteiger partial charge in [-0.05, 0) is 30.3 Å². The van der Waals surface area contributed by atoms with Crippen LogP contribution in [0, 0.1) is 5.82 Å². The van der Waals surface area contributed by atoms with Gasteiger partial charge in [0.25, 0.3) is 0 Å². The van der Waals surface area contributed by atoms with Gasteiger partial charge >= 0.3 is 0 Å². The van der Waals surface area contributed by atoms with Gasteiger partial charge in [-0.25, -0.2) is 4.39 Å². The van der Waals surface area contributed by atoms with Gasteiger partial charge in [0, 0.05) is 17.7 Å². The summed E-state index contributed by atoms with van der Waals surface area (Å²) in [6.45, 7) is 1.39. The molecule has 1 aromatic heterocycles. The summed E-state index contributed by atoms with van der Waals surface area (Å²) in [6, 6.07) is 13.7. The van der Waals surface area contributed by atoms with E-state index >= 15 is 0 Å². The van der Waals surface area contributed by atoms with Crippen LogP contribution in [0.2, 0.25) is 5.02 Å². The van der Waals surface area contributed by atoms with Crippen LogP contribution in [-0.2, 0) is 19.7 Å². The SMILES string of the molecule is COc1cccc(CNCc2ccco2)c1OCc1ccc(F)cc1Cl.Cl. The predicted molar refractivity (Wildman–Crippen MR) is 105 cm³/mol. The Labute approximate surface area is 168 Å². The van der Waals surface area contributed by atoms with E-state index in [1.54, 1.807) is 19.4 Å². The summed E-state index contributed by atoms with van der Waals surface area (Å²) < 4.78 is 29.9. The molecule has 144 valence electrons. The van der Waals surface area contributed by atoms with Gasteiger partial charge in [0.2, 0.25) is 0 Å². The van der Waals surface area contributed by atoms with Crippen LogP contribution in [0.1, 0.15) is 16.9 Å². The van der Waals surface area contributed by atoms with Gasteiger partial charge in [-0.1, -0.05) is 29.8 Å². The quantitative estimate of drug-likeness (QED) is 0.540. The molecule has 1 N–H and O–H groups in total. The van der Waals surface area contributed by atoms with E-state index in [0.29, 0.717) is 35.2 Å². The zero-order valence-corrected chi connectivity index (χ0v) is 16.3. The fourth-order valence-electron chi connectivity index (χ4n) is 2.55. The summed E-state index contributed by atoms with van der Waals surface area (Å²) in [5.74, 6) is 1.73. The third-order valence-corrected chi connectivity index (χ3v) is 4.21. The molecule has 3 aromatic rings. The van der Waals surface area contributed by atoms with E-state index in [1.165, 1.54) is 12.1 Å². The van der Waals surface area contributed by atoms with Gasteiger partial charge < -0.3 is 19.2 Å². The minimum absolute atomic E-state index is 0. The predicted octanol–water partition coefficient (Wildman–Crippen LogP) is 5.37. The van der Waals surface area contributed by atoms with Crippen molar-refractivity contribution >= 4 is 24.0 Å². The number of hydrogen-bond acceptors (Lipinski definition) is 4. The molecular formula is C20H20Cl2FNO3. The zero-order valence-electron chi connectivity index (χ0n) is 14.7. The van der Waals surface area contributed by atoms with Crippen molar-refractivity contribution in [2.75, 3.05) is 7.11 Å². The maximum Gasteiger partial charge on any atom is 0.166 e. The fraction of sp³-hybridized carbons (Fsp3) is 0.200. The average molecular weight is 412 g/mol. The number of methoxy groups -OCH3 is 1. The number of benzene rings is 2. The summed E-state index contributed by atoms with van der Waals surface area (Å²) >= 11 is 6.08. The summed E-state index contributed by atoms with van der Waals surface area (Å²) in [5, 5.41) is 3.64. The van der Waals surface area contributed by atoms with Gasteiger partial charge in [-0.15, -0.1) is 12.4 Å². The molecule has 2 aromatic carbocycles. The number of ether oxygens (including phenoxy) is 2. The number of furan rings is 1. The molecule has 0 aliphatic rings. The molecule has 0 atom stereocenters. The molecule has 0 unspecified atom stereocenters. The second kappa shape index (κ2) is 10.2. The van der Waals surface area contributed by atoms with Crippen molar-refractivity contribution < 1.29 is 18.3 Å². The number of nitrogens with one attached hydrogen (secondary N) is 1. The molecule has 0 aliphatic heterocycles. The van der Waals surface area contributed by atoms with Crippen LogP contribution in [-0.4, -0.2) is 7.11 Å². The lowest BCUT2D eigenvalue weighted by Crippen LogP contribution is -2.13. The zero-order chi connectivity index (χ0) is 18.4. The Kier molecular flexibility index (Phi) is 7.98. The Morgan fingerprint density at radius 2 is 1.93 bits per heavy atom. The Morgan fingerprint density at radius 1 is 1.07 bits per heavy atom. The Morgan fingerprint density at radius 3 is 2.63 bits per heavy atom. The van der Waals surface area contributed by atoms with E-state index in [-0.39, 0.29) is 24.8 Å². The Bertz CT molecular complexity index is 856. The van der Waals surface area contributed by atoms with E-state index in [4.69, 9.17) is 25.5 Å². The largest absolute Gasteiger partial charge is 0.493 e. The maximum atomic E-state index is 13.2. The highest BCUT2D eigenvalue weighted by Gasteiger charge is 2.12. The molecule has 0 saturated heterocycles. The van der Waals surface area contributed by atoms with Crippen LogP contribution in [0.3, 0.4) is 0 Å². The molecule has 1 heterocycles. The third kappa shape index (κ3) is 5.63. The smallest absolute Gasteiger partial charge is 0.166 e. The lowest BCUT2D eigenvalue weighted by Gasteiger charge is -2.16. The summed E-state index contributed by atoms with van der Waals surface area (Å²) in [4.78, 5) is 0. The average Bonchev–Trinajstić information content (AvgIpc) is 3.15. The summed E-state index contributed by atoms with van der Waals surface area (Å²) in [5.41, 5.74) is 1.64. The van der Waals surface area contributed by atoms with Crippen molar-refractivity contribution in [3.05, 3.63) is 82.5 Å². The Balaban J connectivity index is 0.00000261. The van der Waals surface area contributed by atoms with Crippen molar-refractivity contribution in [2.24, 2.45) is 0 Å². The number of para-hydroxylation sites is 1. The van der Waals surface area contributed by atoms with E-state index in [9.17, 15) is 4.39 Å². The topological polar surface area (TPSA) is 43.6 Å². The Hall–Kier alpha value is -2.21. The van der Waals surface area contributed by atoms with Crippen molar-refractivity contribution in [2.45, 2.75) is 19.7 Å². The summed E-state index contributed by atoms with van der Waals surface area (Å²) in [7, 11) is 1.59. The standard InChI is InChI=1S/C20H19ClFNO3.ClH/c1-24-19-6-2-4-14(11-23-12-17-5-3-9-25-17)20(19)26-13-15-7-8-16(22)10-18(15)21;/h2-10,23H,11-13H2,1H3;1H. The van der Waals surface area contributed by atoms with Gasteiger partial charge in [0.05, 0.1) is 24.9 Å². The molecule has 0 aliphatic carbocycles. The van der Waals surface area contributed by atoms with Crippen LogP contribution >= 0.6 is 24.0 Å². The highest BCUT2D eigenvalue weighted by molar-refractivity contribution is 6.31. The third-order valence-electron chi connectivity index (χ3n) is 3.86. The van der Waals surface area contributed by atoms with Crippen LogP contribution in [0.15, 0.2) is 59.2 Å². The molecule has 3 rings (SSSR count). The highest BCUT2D eigenvalue weighted by atomic mass is 35.5. The van der Waals surface area contributed by atoms with Gasteiger partial charge in [-0.2, -0.15) is 0 Å². The van der Waals surface area contributed by atoms with E-state index < -0.39 is 0 Å². The van der Waals surface area contributed by atoms with Crippen LogP contribution in [0.25, 0.3) is 0 Å². The van der Waals surface area contributed by atoms with Crippen molar-refractivity contribution in [3.8, 4) is 11.5 Å². The molecule has 0 spiro atoms. The first-order chi connectivity index (χ1) is 12.7. The van der Waals surface area contributed by atoms with E-state index in [0.717, 1.165) is 11.3 Å². The normalized spacial score (nSPS) is 10.3. The maximum absolute atomic E-state index is 13.2. The molecule has 0 bridgehead atoms. The minimum atomic E-state index is -0.376. The highest BCUT2D eigenvalue weighted by Crippen LogP contribution is 2.32. The van der Waals surface area contributed by atoms with Crippen LogP contribution < -0.4 is 14.8 Å². The van der Waals surface area contributed by atoms with Crippen molar-refractivity contribution in [1.82, 2.24) is 5.32 Å². The van der Waals surface area contributed by atoms with Gasteiger partial charge in [0.1, 0.15) is 18.2 Å². The molecule has 4 nitrogen and oxygen atoms in total. The van der Waals surface area contributed by atoms with Crippen molar-refractivity contribution in [1.29, 1.82) is 0 Å². The molecular weight excluding hydrogens is 392 g/mol. The first kappa shape index (κ1) is 21.1. The second-order valence-corrected chi connectivity index (χ2v) is 6.06. The van der Waals surface area contributed by atoms with E-state index in [2.05, 4.69) is 5.32 Å². The molecule has 0 amide bonds. The van der Waals surface area contributed by atoms with E-state index in [1.807, 2.05) is 30.3 Å². The second-order valence-electron chi connectivity index (χ2n) is 5.66.